The molecule has 0 heterocycles. The van der Waals surface area contributed by atoms with Gasteiger partial charge in [0.15, 0.2) is 0 Å². The van der Waals surface area contributed by atoms with E-state index in [1.165, 1.54) is 0 Å². The van der Waals surface area contributed by atoms with Gasteiger partial charge in [0.2, 0.25) is 5.91 Å². The molecule has 0 aromatic heterocycles. The molecule has 1 atom stereocenters. The third-order valence-corrected chi connectivity index (χ3v) is 5.49. The van der Waals surface area contributed by atoms with Crippen LogP contribution >= 0.6 is 23.2 Å². The number of carbonyl (C=O) groups is 1. The third-order valence-electron chi connectivity index (χ3n) is 5.16. The molecule has 4 nitrogen and oxygen atoms in total. The van der Waals surface area contributed by atoms with E-state index in [2.05, 4.69) is 15.4 Å². The minimum atomic E-state index is -0.321. The van der Waals surface area contributed by atoms with Gasteiger partial charge in [-0.3, -0.25) is 4.79 Å². The van der Waals surface area contributed by atoms with E-state index in [0.717, 1.165) is 35.5 Å². The zero-order valence-electron chi connectivity index (χ0n) is 17.8. The molecule has 0 aliphatic carbocycles. The Morgan fingerprint density at radius 3 is 2.06 bits per heavy atom. The fourth-order valence-electron chi connectivity index (χ4n) is 3.49. The van der Waals surface area contributed by atoms with Crippen molar-refractivity contribution in [2.24, 2.45) is 5.10 Å². The fraction of sp³-hybridized carbons (Fsp3) is 0.231. The molecule has 32 heavy (non-hydrogen) atoms. The predicted molar refractivity (Wildman–Crippen MR) is 135 cm³/mol. The number of halogens is 2. The summed E-state index contributed by atoms with van der Waals surface area (Å²) in [5.41, 5.74) is 6.73. The highest BCUT2D eigenvalue weighted by Gasteiger charge is 2.20. The number of benzene rings is 3. The summed E-state index contributed by atoms with van der Waals surface area (Å²) in [5.74, 6) is 0.621. The van der Waals surface area contributed by atoms with E-state index >= 15 is 0 Å². The van der Waals surface area contributed by atoms with E-state index in [9.17, 15) is 4.79 Å². The highest BCUT2D eigenvalue weighted by Crippen LogP contribution is 2.21. The number of hydrogen-bond acceptors (Lipinski definition) is 3. The molecule has 3 aromatic rings. The number of hydrogen-bond donors (Lipinski definition) is 1. The second kappa shape index (κ2) is 12.9. The van der Waals surface area contributed by atoms with Crippen LogP contribution in [0, 0.1) is 0 Å². The summed E-state index contributed by atoms with van der Waals surface area (Å²) < 4.78 is 0. The smallest absolute Gasteiger partial charge is 0.247 e. The molecule has 0 saturated heterocycles. The van der Waals surface area contributed by atoms with Gasteiger partial charge in [0, 0.05) is 30.5 Å². The number of rotatable bonds is 11. The Morgan fingerprint density at radius 2 is 1.47 bits per heavy atom. The number of amides is 1. The highest BCUT2D eigenvalue weighted by molar-refractivity contribution is 6.18. The summed E-state index contributed by atoms with van der Waals surface area (Å²) >= 11 is 11.8. The Balaban J connectivity index is 1.66. The van der Waals surface area contributed by atoms with Crippen molar-refractivity contribution in [2.45, 2.75) is 12.3 Å². The highest BCUT2D eigenvalue weighted by atomic mass is 35.5. The SMILES string of the molecule is O=C(N/N=C/c1ccc(N(CCCl)CCCl)cc1)[C@H](Cc1ccccc1)c1ccccc1. The van der Waals surface area contributed by atoms with Crippen molar-refractivity contribution in [1.82, 2.24) is 5.43 Å². The van der Waals surface area contributed by atoms with Gasteiger partial charge >= 0.3 is 0 Å². The zero-order valence-corrected chi connectivity index (χ0v) is 19.3. The average Bonchev–Trinajstić information content (AvgIpc) is 2.84. The fourth-order valence-corrected chi connectivity index (χ4v) is 3.90. The topological polar surface area (TPSA) is 44.7 Å². The lowest BCUT2D eigenvalue weighted by molar-refractivity contribution is -0.122. The first-order chi connectivity index (χ1) is 15.7. The van der Waals surface area contributed by atoms with Gasteiger partial charge in [0.1, 0.15) is 0 Å². The molecule has 166 valence electrons. The summed E-state index contributed by atoms with van der Waals surface area (Å²) in [7, 11) is 0. The molecule has 0 unspecified atom stereocenters. The van der Waals surface area contributed by atoms with Crippen LogP contribution in [-0.4, -0.2) is 37.0 Å². The number of anilines is 1. The minimum absolute atomic E-state index is 0.136. The molecular weight excluding hydrogens is 441 g/mol. The molecule has 3 aromatic carbocycles. The van der Waals surface area contributed by atoms with Crippen LogP contribution in [0.1, 0.15) is 22.6 Å². The first kappa shape index (κ1) is 23.8. The van der Waals surface area contributed by atoms with Gasteiger partial charge in [0.05, 0.1) is 12.1 Å². The van der Waals surface area contributed by atoms with Gasteiger partial charge < -0.3 is 4.90 Å². The summed E-state index contributed by atoms with van der Waals surface area (Å²) in [5, 5.41) is 4.20. The normalized spacial score (nSPS) is 11.9. The first-order valence-electron chi connectivity index (χ1n) is 10.6. The van der Waals surface area contributed by atoms with E-state index in [1.807, 2.05) is 84.9 Å². The molecular formula is C26H27Cl2N3O. The molecule has 0 bridgehead atoms. The first-order valence-corrected chi connectivity index (χ1v) is 11.7. The number of nitrogens with one attached hydrogen (secondary N) is 1. The summed E-state index contributed by atoms with van der Waals surface area (Å²) in [4.78, 5) is 15.1. The monoisotopic (exact) mass is 467 g/mol. The zero-order chi connectivity index (χ0) is 22.6. The Morgan fingerprint density at radius 1 is 0.875 bits per heavy atom. The van der Waals surface area contributed by atoms with Crippen LogP contribution in [0.3, 0.4) is 0 Å². The van der Waals surface area contributed by atoms with Gasteiger partial charge in [-0.05, 0) is 35.2 Å². The number of nitrogens with zero attached hydrogens (tertiary/aromatic N) is 2. The second-order valence-corrected chi connectivity index (χ2v) is 8.10. The van der Waals surface area contributed by atoms with Crippen LogP contribution in [0.5, 0.6) is 0 Å². The molecule has 0 radical (unpaired) electrons. The summed E-state index contributed by atoms with van der Waals surface area (Å²) in [6.07, 6.45) is 2.26. The van der Waals surface area contributed by atoms with Gasteiger partial charge in [-0.15, -0.1) is 23.2 Å². The standard InChI is InChI=1S/C26H27Cl2N3O/c27-15-17-31(18-16-28)24-13-11-22(12-14-24)20-29-30-26(32)25(23-9-5-2-6-10-23)19-21-7-3-1-4-8-21/h1-14,20,25H,15-19H2,(H,30,32)/b29-20+/t25-/m1/s1. The maximum atomic E-state index is 13.0. The molecule has 0 spiro atoms. The van der Waals surface area contributed by atoms with Crippen molar-refractivity contribution in [3.05, 3.63) is 102 Å². The largest absolute Gasteiger partial charge is 0.369 e. The minimum Gasteiger partial charge on any atom is -0.369 e. The van der Waals surface area contributed by atoms with Crippen molar-refractivity contribution < 1.29 is 4.79 Å². The lowest BCUT2D eigenvalue weighted by atomic mass is 9.91. The van der Waals surface area contributed by atoms with Crippen LogP contribution in [0.2, 0.25) is 0 Å². The molecule has 0 aliphatic rings. The van der Waals surface area contributed by atoms with Crippen LogP contribution in [0.25, 0.3) is 0 Å². The van der Waals surface area contributed by atoms with Crippen molar-refractivity contribution in [1.29, 1.82) is 0 Å². The summed E-state index contributed by atoms with van der Waals surface area (Å²) in [6, 6.07) is 27.7. The number of carbonyl (C=O) groups excluding carboxylic acids is 1. The van der Waals surface area contributed by atoms with Crippen LogP contribution in [0.15, 0.2) is 90.0 Å². The van der Waals surface area contributed by atoms with Crippen molar-refractivity contribution in [3.8, 4) is 0 Å². The Kier molecular flexibility index (Phi) is 9.60. The van der Waals surface area contributed by atoms with Crippen molar-refractivity contribution >= 4 is 41.0 Å². The molecule has 3 rings (SSSR count). The number of alkyl halides is 2. The van der Waals surface area contributed by atoms with Crippen LogP contribution in [-0.2, 0) is 11.2 Å². The van der Waals surface area contributed by atoms with Gasteiger partial charge in [-0.25, -0.2) is 5.43 Å². The average molecular weight is 468 g/mol. The maximum absolute atomic E-state index is 13.0. The van der Waals surface area contributed by atoms with Gasteiger partial charge in [-0.2, -0.15) is 5.10 Å². The van der Waals surface area contributed by atoms with Crippen molar-refractivity contribution in [2.75, 3.05) is 29.7 Å². The molecule has 0 fully saturated rings. The van der Waals surface area contributed by atoms with E-state index in [0.29, 0.717) is 18.2 Å². The lowest BCUT2D eigenvalue weighted by Crippen LogP contribution is -2.27. The second-order valence-electron chi connectivity index (χ2n) is 7.34. The maximum Gasteiger partial charge on any atom is 0.247 e. The Bertz CT molecular complexity index is 973. The quantitative estimate of drug-likeness (QED) is 0.231. The molecule has 0 saturated carbocycles. The molecule has 1 amide bonds. The third kappa shape index (κ3) is 7.11. The van der Waals surface area contributed by atoms with E-state index < -0.39 is 0 Å². The molecule has 0 aliphatic heterocycles. The summed E-state index contributed by atoms with van der Waals surface area (Å²) in [6.45, 7) is 1.47. The van der Waals surface area contributed by atoms with E-state index in [4.69, 9.17) is 23.2 Å². The number of hydrazone groups is 1. The Labute approximate surface area is 199 Å². The van der Waals surface area contributed by atoms with Crippen LogP contribution < -0.4 is 10.3 Å². The van der Waals surface area contributed by atoms with E-state index in [-0.39, 0.29) is 11.8 Å². The lowest BCUT2D eigenvalue weighted by Gasteiger charge is -2.22. The molecule has 1 N–H and O–H groups in total. The Hall–Kier alpha value is -2.82. The molecule has 6 heteroatoms. The van der Waals surface area contributed by atoms with Crippen LogP contribution in [0.4, 0.5) is 5.69 Å². The van der Waals surface area contributed by atoms with Gasteiger partial charge in [-0.1, -0.05) is 72.8 Å². The van der Waals surface area contributed by atoms with Crippen molar-refractivity contribution in [3.63, 3.8) is 0 Å². The van der Waals surface area contributed by atoms with E-state index in [1.54, 1.807) is 6.21 Å². The van der Waals surface area contributed by atoms with Gasteiger partial charge in [0.25, 0.3) is 0 Å². The predicted octanol–water partition coefficient (Wildman–Crippen LogP) is 5.45.